The van der Waals surface area contributed by atoms with E-state index in [4.69, 9.17) is 18.9 Å². The van der Waals surface area contributed by atoms with Gasteiger partial charge in [0.15, 0.2) is 0 Å². The molecule has 0 rings (SSSR count). The van der Waals surface area contributed by atoms with Crippen LogP contribution in [0, 0.1) is 0 Å². The molecule has 0 saturated heterocycles. The summed E-state index contributed by atoms with van der Waals surface area (Å²) in [5.41, 5.74) is -0.506. The lowest BCUT2D eigenvalue weighted by Crippen LogP contribution is -2.45. The predicted molar refractivity (Wildman–Crippen MR) is 127 cm³/mol. The van der Waals surface area contributed by atoms with Crippen LogP contribution >= 0.6 is 0 Å². The standard InChI is InChI=1S/C22H50O4Si2/c1-7-13-21(23-15-9-3,24-16-10-4)27-19-20-28-22(14-8-2,25-17-11-5)26-18-12-6/h7-20,27-28H2,1-6H3. The smallest absolute Gasteiger partial charge is 0.144 e. The van der Waals surface area contributed by atoms with Crippen LogP contribution in [0.1, 0.15) is 92.9 Å². The Morgan fingerprint density at radius 1 is 0.464 bits per heavy atom. The first-order valence-corrected chi connectivity index (χ1v) is 15.5. The fourth-order valence-corrected chi connectivity index (χ4v) is 9.05. The predicted octanol–water partition coefficient (Wildman–Crippen LogP) is 4.77. The minimum absolute atomic E-state index is 0.253. The number of rotatable bonds is 21. The molecule has 0 bridgehead atoms. The first-order chi connectivity index (χ1) is 13.6. The van der Waals surface area contributed by atoms with Crippen LogP contribution in [0.15, 0.2) is 0 Å². The van der Waals surface area contributed by atoms with Crippen molar-refractivity contribution in [1.82, 2.24) is 0 Å². The van der Waals surface area contributed by atoms with Gasteiger partial charge in [-0.25, -0.2) is 0 Å². The molecule has 0 aliphatic rings. The molecule has 0 heterocycles. The van der Waals surface area contributed by atoms with E-state index in [1.54, 1.807) is 0 Å². The van der Waals surface area contributed by atoms with E-state index in [2.05, 4.69) is 41.5 Å². The quantitative estimate of drug-likeness (QED) is 0.148. The van der Waals surface area contributed by atoms with Gasteiger partial charge in [-0.1, -0.05) is 66.5 Å². The van der Waals surface area contributed by atoms with E-state index in [-0.39, 0.29) is 10.8 Å². The van der Waals surface area contributed by atoms with Crippen LogP contribution in [0.5, 0.6) is 0 Å². The lowest BCUT2D eigenvalue weighted by Gasteiger charge is -2.36. The summed E-state index contributed by atoms with van der Waals surface area (Å²) in [6.07, 6.45) is 8.55. The van der Waals surface area contributed by atoms with Crippen molar-refractivity contribution in [2.24, 2.45) is 0 Å². The van der Waals surface area contributed by atoms with E-state index in [0.29, 0.717) is 0 Å². The second-order valence-electron chi connectivity index (χ2n) is 7.92. The minimum atomic E-state index is -0.475. The third-order valence-corrected chi connectivity index (χ3v) is 10.7. The van der Waals surface area contributed by atoms with E-state index in [1.165, 1.54) is 12.1 Å². The number of hydrogen-bond acceptors (Lipinski definition) is 4. The monoisotopic (exact) mass is 434 g/mol. The van der Waals surface area contributed by atoms with Crippen LogP contribution < -0.4 is 0 Å². The van der Waals surface area contributed by atoms with Crippen molar-refractivity contribution in [1.29, 1.82) is 0 Å². The molecule has 0 unspecified atom stereocenters. The summed E-state index contributed by atoms with van der Waals surface area (Å²) in [4.78, 5) is 0. The highest BCUT2D eigenvalue weighted by Crippen LogP contribution is 2.25. The van der Waals surface area contributed by atoms with Gasteiger partial charge in [-0.15, -0.1) is 0 Å². The Balaban J connectivity index is 4.88. The molecule has 0 amide bonds. The van der Waals surface area contributed by atoms with Gasteiger partial charge in [0.1, 0.15) is 10.8 Å². The lowest BCUT2D eigenvalue weighted by atomic mass is 10.3. The van der Waals surface area contributed by atoms with Crippen molar-refractivity contribution in [2.75, 3.05) is 26.4 Å². The maximum absolute atomic E-state index is 6.32. The molecular formula is C22H50O4Si2. The normalized spacial score (nSPS) is 13.5. The van der Waals surface area contributed by atoms with Crippen LogP contribution in [0.25, 0.3) is 0 Å². The summed E-state index contributed by atoms with van der Waals surface area (Å²) >= 11 is 0. The molecule has 6 heteroatoms. The summed E-state index contributed by atoms with van der Waals surface area (Å²) in [6, 6.07) is 2.55. The molecule has 0 fully saturated rings. The van der Waals surface area contributed by atoms with Gasteiger partial charge in [-0.05, 0) is 38.5 Å². The molecule has 0 aliphatic heterocycles. The Morgan fingerprint density at radius 2 is 0.750 bits per heavy atom. The zero-order valence-corrected chi connectivity index (χ0v) is 22.8. The fraction of sp³-hybridized carbons (Fsp3) is 1.00. The SMILES string of the molecule is CCCOC(CCC)(OCCC)[SiH2]CC[SiH2]C(CCC)(OCCC)OCCC. The molecular weight excluding hydrogens is 384 g/mol. The molecule has 0 atom stereocenters. The molecule has 170 valence electrons. The third kappa shape index (κ3) is 12.1. The van der Waals surface area contributed by atoms with Crippen molar-refractivity contribution < 1.29 is 18.9 Å². The summed E-state index contributed by atoms with van der Waals surface area (Å²) < 4.78 is 25.3. The third-order valence-electron chi connectivity index (χ3n) is 4.90. The minimum Gasteiger partial charge on any atom is -0.354 e. The van der Waals surface area contributed by atoms with Crippen molar-refractivity contribution in [3.05, 3.63) is 0 Å². The van der Waals surface area contributed by atoms with Gasteiger partial charge in [-0.3, -0.25) is 0 Å². The van der Waals surface area contributed by atoms with E-state index < -0.39 is 19.0 Å². The van der Waals surface area contributed by atoms with Crippen molar-refractivity contribution in [3.63, 3.8) is 0 Å². The van der Waals surface area contributed by atoms with Gasteiger partial charge >= 0.3 is 0 Å². The highest BCUT2D eigenvalue weighted by Gasteiger charge is 2.33. The maximum atomic E-state index is 6.32. The summed E-state index contributed by atoms with van der Waals surface area (Å²) in [6.45, 7) is 16.5. The Labute approximate surface area is 180 Å². The first kappa shape index (κ1) is 28.3. The molecule has 0 aliphatic carbocycles. The fourth-order valence-electron chi connectivity index (χ4n) is 3.61. The highest BCUT2D eigenvalue weighted by molar-refractivity contribution is 6.45. The Kier molecular flexibility index (Phi) is 18.3. The second-order valence-corrected chi connectivity index (χ2v) is 12.5. The Hall–Kier alpha value is 0.274. The summed E-state index contributed by atoms with van der Waals surface area (Å²) in [5.74, 6) is 0. The molecule has 0 N–H and O–H groups in total. The number of ether oxygens (including phenoxy) is 4. The molecule has 4 nitrogen and oxygen atoms in total. The zero-order valence-electron chi connectivity index (χ0n) is 19.9. The molecule has 0 aromatic heterocycles. The molecule has 0 spiro atoms. The van der Waals surface area contributed by atoms with Gasteiger partial charge in [0.2, 0.25) is 0 Å². The molecule has 0 aromatic rings. The van der Waals surface area contributed by atoms with Crippen molar-refractivity contribution >= 4 is 19.0 Å². The molecule has 0 radical (unpaired) electrons. The van der Waals surface area contributed by atoms with Crippen LogP contribution in [-0.4, -0.2) is 56.3 Å². The van der Waals surface area contributed by atoms with Crippen LogP contribution in [0.2, 0.25) is 12.1 Å². The Bertz CT molecular complexity index is 294. The zero-order chi connectivity index (χ0) is 21.1. The van der Waals surface area contributed by atoms with Crippen LogP contribution in [-0.2, 0) is 18.9 Å². The average molecular weight is 435 g/mol. The topological polar surface area (TPSA) is 36.9 Å². The van der Waals surface area contributed by atoms with Gasteiger partial charge < -0.3 is 18.9 Å². The summed E-state index contributed by atoms with van der Waals surface area (Å²) in [7, 11) is -0.950. The van der Waals surface area contributed by atoms with Crippen molar-refractivity contribution in [2.45, 2.75) is 116 Å². The molecule has 0 saturated carbocycles. The summed E-state index contributed by atoms with van der Waals surface area (Å²) in [5, 5.41) is 0. The Morgan fingerprint density at radius 3 is 0.964 bits per heavy atom. The van der Waals surface area contributed by atoms with Crippen molar-refractivity contribution in [3.8, 4) is 0 Å². The average Bonchev–Trinajstić information content (AvgIpc) is 2.71. The molecule has 0 aromatic carbocycles. The second kappa shape index (κ2) is 18.1. The number of hydrogen-bond donors (Lipinski definition) is 0. The van der Waals surface area contributed by atoms with Gasteiger partial charge in [0, 0.05) is 26.4 Å². The van der Waals surface area contributed by atoms with E-state index in [9.17, 15) is 0 Å². The van der Waals surface area contributed by atoms with Gasteiger partial charge in [-0.2, -0.15) is 0 Å². The lowest BCUT2D eigenvalue weighted by molar-refractivity contribution is -0.186. The largest absolute Gasteiger partial charge is 0.354 e. The van der Waals surface area contributed by atoms with E-state index in [0.717, 1.165) is 77.8 Å². The van der Waals surface area contributed by atoms with Gasteiger partial charge in [0.05, 0.1) is 19.0 Å². The van der Waals surface area contributed by atoms with Gasteiger partial charge in [0.25, 0.3) is 0 Å². The maximum Gasteiger partial charge on any atom is 0.144 e. The molecule has 28 heavy (non-hydrogen) atoms. The highest BCUT2D eigenvalue weighted by atomic mass is 28.2. The van der Waals surface area contributed by atoms with Crippen LogP contribution in [0.4, 0.5) is 0 Å². The van der Waals surface area contributed by atoms with Crippen LogP contribution in [0.3, 0.4) is 0 Å². The van der Waals surface area contributed by atoms with E-state index in [1.807, 2.05) is 0 Å². The first-order valence-electron chi connectivity index (χ1n) is 12.1. The van der Waals surface area contributed by atoms with E-state index >= 15 is 0 Å².